The second-order valence-corrected chi connectivity index (χ2v) is 6.51. The number of hydrogen-bond donors (Lipinski definition) is 4. The van der Waals surface area contributed by atoms with E-state index in [1.807, 2.05) is 6.92 Å². The fraction of sp³-hybridized carbons (Fsp3) is 0.100. The molecule has 0 saturated carbocycles. The molecule has 1 aromatic heterocycles. The number of benzene rings is 2. The summed E-state index contributed by atoms with van der Waals surface area (Å²) in [6.45, 7) is 3.29. The van der Waals surface area contributed by atoms with Crippen LogP contribution in [0.3, 0.4) is 0 Å². The fourth-order valence-corrected chi connectivity index (χ4v) is 2.60. The zero-order valence-corrected chi connectivity index (χ0v) is 16.7. The number of rotatable bonds is 7. The van der Waals surface area contributed by atoms with Crippen LogP contribution in [0.2, 0.25) is 0 Å². The summed E-state index contributed by atoms with van der Waals surface area (Å²) in [5.74, 6) is -0.941. The number of carbonyl (C=O) groups is 2. The van der Waals surface area contributed by atoms with Crippen molar-refractivity contribution in [3.63, 3.8) is 0 Å². The Balaban J connectivity index is 1.77. The van der Waals surface area contributed by atoms with Crippen LogP contribution in [0.1, 0.15) is 22.8 Å². The zero-order valence-electron chi connectivity index (χ0n) is 16.7. The van der Waals surface area contributed by atoms with Crippen molar-refractivity contribution in [2.75, 3.05) is 16.1 Å². The third kappa shape index (κ3) is 5.50. The van der Waals surface area contributed by atoms with E-state index in [1.54, 1.807) is 48.5 Å². The maximum absolute atomic E-state index is 12.3. The van der Waals surface area contributed by atoms with Crippen LogP contribution in [0, 0.1) is 17.0 Å². The van der Waals surface area contributed by atoms with E-state index in [0.29, 0.717) is 16.9 Å². The van der Waals surface area contributed by atoms with Gasteiger partial charge in [-0.3, -0.25) is 30.6 Å². The number of hydrazine groups is 1. The second kappa shape index (κ2) is 9.31. The second-order valence-electron chi connectivity index (χ2n) is 6.51. The van der Waals surface area contributed by atoms with E-state index in [1.165, 1.54) is 6.92 Å². The van der Waals surface area contributed by atoms with E-state index in [4.69, 9.17) is 0 Å². The SMILES string of the molecule is CC(=O)Nc1ccc(Nc2ncnc(NNC(=O)c3ccc(C)cc3)c2[N+](=O)[O-])cc1. The summed E-state index contributed by atoms with van der Waals surface area (Å²) >= 11 is 0. The van der Waals surface area contributed by atoms with Crippen molar-refractivity contribution in [3.8, 4) is 0 Å². The zero-order chi connectivity index (χ0) is 22.4. The van der Waals surface area contributed by atoms with Gasteiger partial charge in [0.15, 0.2) is 0 Å². The molecule has 4 N–H and O–H groups in total. The lowest BCUT2D eigenvalue weighted by Crippen LogP contribution is -2.30. The largest absolute Gasteiger partial charge is 0.355 e. The molecule has 0 aliphatic carbocycles. The Kier molecular flexibility index (Phi) is 6.36. The van der Waals surface area contributed by atoms with Crippen LogP contribution in [0.15, 0.2) is 54.9 Å². The van der Waals surface area contributed by atoms with Gasteiger partial charge >= 0.3 is 5.69 Å². The fourth-order valence-electron chi connectivity index (χ4n) is 2.60. The predicted molar refractivity (Wildman–Crippen MR) is 115 cm³/mol. The van der Waals surface area contributed by atoms with Gasteiger partial charge in [0.05, 0.1) is 4.92 Å². The predicted octanol–water partition coefficient (Wildman–Crippen LogP) is 3.15. The standard InChI is InChI=1S/C20H19N7O4/c1-12-3-5-14(6-4-12)20(29)26-25-19-17(27(30)31)18(21-11-22-19)24-16-9-7-15(8-10-16)23-13(2)28/h3-11H,1-2H3,(H,23,28)(H,26,29)(H2,21,22,24,25). The maximum Gasteiger partial charge on any atom is 0.355 e. The Labute approximate surface area is 177 Å². The summed E-state index contributed by atoms with van der Waals surface area (Å²) in [5, 5.41) is 17.1. The number of nitrogens with one attached hydrogen (secondary N) is 4. The van der Waals surface area contributed by atoms with E-state index in [2.05, 4.69) is 31.5 Å². The van der Waals surface area contributed by atoms with Crippen molar-refractivity contribution >= 4 is 40.5 Å². The Morgan fingerprint density at radius 3 is 2.16 bits per heavy atom. The first-order chi connectivity index (χ1) is 14.8. The first-order valence-corrected chi connectivity index (χ1v) is 9.10. The van der Waals surface area contributed by atoms with Gasteiger partial charge < -0.3 is 10.6 Å². The number of aryl methyl sites for hydroxylation is 1. The van der Waals surface area contributed by atoms with E-state index >= 15 is 0 Å². The molecule has 0 saturated heterocycles. The topological polar surface area (TPSA) is 151 Å². The third-order valence-corrected chi connectivity index (χ3v) is 4.08. The quantitative estimate of drug-likeness (QED) is 0.335. The first kappa shape index (κ1) is 21.2. The van der Waals surface area contributed by atoms with Gasteiger partial charge in [-0.05, 0) is 43.3 Å². The van der Waals surface area contributed by atoms with Gasteiger partial charge in [-0.1, -0.05) is 17.7 Å². The van der Waals surface area contributed by atoms with Gasteiger partial charge in [-0.25, -0.2) is 9.97 Å². The highest BCUT2D eigenvalue weighted by atomic mass is 16.6. The number of anilines is 4. The maximum atomic E-state index is 12.3. The average Bonchev–Trinajstić information content (AvgIpc) is 2.73. The van der Waals surface area contributed by atoms with Crippen molar-refractivity contribution in [2.45, 2.75) is 13.8 Å². The molecule has 0 bridgehead atoms. The highest BCUT2D eigenvalue weighted by Gasteiger charge is 2.23. The van der Waals surface area contributed by atoms with Gasteiger partial charge in [-0.15, -0.1) is 0 Å². The number of nitrogens with zero attached hydrogens (tertiary/aromatic N) is 3. The molecule has 2 aromatic carbocycles. The molecule has 0 fully saturated rings. The highest BCUT2D eigenvalue weighted by molar-refractivity contribution is 5.95. The molecule has 0 aliphatic heterocycles. The Morgan fingerprint density at radius 1 is 0.935 bits per heavy atom. The van der Waals surface area contributed by atoms with Crippen molar-refractivity contribution in [3.05, 3.63) is 76.1 Å². The molecule has 11 heteroatoms. The van der Waals surface area contributed by atoms with Crippen molar-refractivity contribution in [2.24, 2.45) is 0 Å². The van der Waals surface area contributed by atoms with Crippen LogP contribution in [0.5, 0.6) is 0 Å². The van der Waals surface area contributed by atoms with Crippen molar-refractivity contribution in [1.82, 2.24) is 15.4 Å². The Hall–Kier alpha value is -4.54. The third-order valence-electron chi connectivity index (χ3n) is 4.08. The van der Waals surface area contributed by atoms with Crippen LogP contribution in [-0.2, 0) is 4.79 Å². The Bertz CT molecular complexity index is 1120. The molecule has 0 spiro atoms. The summed E-state index contributed by atoms with van der Waals surface area (Å²) < 4.78 is 0. The first-order valence-electron chi connectivity index (χ1n) is 9.10. The van der Waals surface area contributed by atoms with E-state index < -0.39 is 16.5 Å². The van der Waals surface area contributed by atoms with Gasteiger partial charge in [0.2, 0.25) is 17.5 Å². The molecule has 2 amide bonds. The van der Waals surface area contributed by atoms with Gasteiger partial charge in [0, 0.05) is 23.9 Å². The Morgan fingerprint density at radius 2 is 1.55 bits per heavy atom. The minimum atomic E-state index is -0.658. The number of carbonyl (C=O) groups excluding carboxylic acids is 2. The molecule has 3 rings (SSSR count). The molecule has 0 unspecified atom stereocenters. The van der Waals surface area contributed by atoms with Crippen LogP contribution in [0.25, 0.3) is 0 Å². The number of nitro groups is 1. The smallest absolute Gasteiger partial charge is 0.334 e. The minimum absolute atomic E-state index is 0.0700. The lowest BCUT2D eigenvalue weighted by molar-refractivity contribution is -0.383. The van der Waals surface area contributed by atoms with Gasteiger partial charge in [0.25, 0.3) is 5.91 Å². The summed E-state index contributed by atoms with van der Waals surface area (Å²) in [5.41, 5.74) is 6.90. The molecule has 3 aromatic rings. The molecule has 1 heterocycles. The van der Waals surface area contributed by atoms with Crippen LogP contribution in [-0.4, -0.2) is 26.7 Å². The molecule has 31 heavy (non-hydrogen) atoms. The molecule has 158 valence electrons. The van der Waals surface area contributed by atoms with Crippen LogP contribution >= 0.6 is 0 Å². The van der Waals surface area contributed by atoms with Gasteiger partial charge in [-0.2, -0.15) is 0 Å². The monoisotopic (exact) mass is 421 g/mol. The van der Waals surface area contributed by atoms with Crippen LogP contribution < -0.4 is 21.5 Å². The summed E-state index contributed by atoms with van der Waals surface area (Å²) in [6, 6.07) is 13.4. The van der Waals surface area contributed by atoms with E-state index in [-0.39, 0.29) is 17.5 Å². The molecule has 0 radical (unpaired) electrons. The molecule has 11 nitrogen and oxygen atoms in total. The van der Waals surface area contributed by atoms with Crippen molar-refractivity contribution in [1.29, 1.82) is 0 Å². The highest BCUT2D eigenvalue weighted by Crippen LogP contribution is 2.31. The summed E-state index contributed by atoms with van der Waals surface area (Å²) in [6.07, 6.45) is 1.13. The molecule has 0 aliphatic rings. The number of hydrogen-bond acceptors (Lipinski definition) is 8. The normalized spacial score (nSPS) is 10.1. The number of amides is 2. The summed E-state index contributed by atoms with van der Waals surface area (Å²) in [4.78, 5) is 42.2. The number of aromatic nitrogens is 2. The van der Waals surface area contributed by atoms with E-state index in [0.717, 1.165) is 11.9 Å². The van der Waals surface area contributed by atoms with Gasteiger partial charge in [0.1, 0.15) is 6.33 Å². The average molecular weight is 421 g/mol. The molecule has 0 atom stereocenters. The van der Waals surface area contributed by atoms with E-state index in [9.17, 15) is 19.7 Å². The van der Waals surface area contributed by atoms with Crippen LogP contribution in [0.4, 0.5) is 28.7 Å². The lowest BCUT2D eigenvalue weighted by Gasteiger charge is -2.11. The molecular weight excluding hydrogens is 402 g/mol. The lowest BCUT2D eigenvalue weighted by atomic mass is 10.1. The minimum Gasteiger partial charge on any atom is -0.334 e. The van der Waals surface area contributed by atoms with Crippen molar-refractivity contribution < 1.29 is 14.5 Å². The molecular formula is C20H19N7O4. The summed E-state index contributed by atoms with van der Waals surface area (Å²) in [7, 11) is 0.